The number of alkyl halides is 2. The summed E-state index contributed by atoms with van der Waals surface area (Å²) in [4.78, 5) is 22.1. The van der Waals surface area contributed by atoms with Crippen LogP contribution in [0.4, 0.5) is 14.6 Å². The molecule has 4 atom stereocenters. The molecule has 2 aromatic heterocycles. The predicted molar refractivity (Wildman–Crippen MR) is 125 cm³/mol. The van der Waals surface area contributed by atoms with E-state index < -0.39 is 6.43 Å². The van der Waals surface area contributed by atoms with Crippen molar-refractivity contribution < 1.29 is 8.78 Å². The highest BCUT2D eigenvalue weighted by Gasteiger charge is 2.34. The zero-order valence-electron chi connectivity index (χ0n) is 19.1. The van der Waals surface area contributed by atoms with Crippen LogP contribution in [0.3, 0.4) is 0 Å². The Hall–Kier alpha value is -2.87. The molecule has 2 bridgehead atoms. The Morgan fingerprint density at radius 2 is 1.82 bits per heavy atom. The van der Waals surface area contributed by atoms with Crippen LogP contribution in [0.5, 0.6) is 0 Å². The molecule has 2 aliphatic heterocycles. The lowest BCUT2D eigenvalue weighted by Crippen LogP contribution is -2.41. The minimum Gasteiger partial charge on any atom is -0.363 e. The topological polar surface area (TPSA) is 71.8 Å². The molecule has 2 N–H and O–H groups in total. The van der Waals surface area contributed by atoms with Crippen molar-refractivity contribution in [3.63, 3.8) is 0 Å². The van der Waals surface area contributed by atoms with E-state index in [4.69, 9.17) is 0 Å². The van der Waals surface area contributed by atoms with Gasteiger partial charge in [-0.25, -0.2) is 18.7 Å². The third kappa shape index (κ3) is 4.12. The molecule has 0 spiro atoms. The summed E-state index contributed by atoms with van der Waals surface area (Å²) in [6, 6.07) is 7.40. The summed E-state index contributed by atoms with van der Waals surface area (Å²) in [5, 5.41) is 7.79. The van der Waals surface area contributed by atoms with Crippen molar-refractivity contribution in [2.75, 3.05) is 5.32 Å². The fourth-order valence-corrected chi connectivity index (χ4v) is 5.54. The Labute approximate surface area is 191 Å². The van der Waals surface area contributed by atoms with Crippen LogP contribution >= 0.6 is 0 Å². The minimum atomic E-state index is -2.52. The van der Waals surface area contributed by atoms with Crippen molar-refractivity contribution >= 4 is 16.7 Å². The Kier molecular flexibility index (Phi) is 5.64. The molecule has 33 heavy (non-hydrogen) atoms. The molecule has 2 aliphatic rings. The van der Waals surface area contributed by atoms with Crippen LogP contribution in [-0.4, -0.2) is 26.6 Å². The zero-order valence-corrected chi connectivity index (χ0v) is 19.1. The summed E-state index contributed by atoms with van der Waals surface area (Å²) >= 11 is 0. The van der Waals surface area contributed by atoms with Gasteiger partial charge in [-0.3, -0.25) is 4.79 Å². The Morgan fingerprint density at radius 3 is 2.52 bits per heavy atom. The average molecular weight is 454 g/mol. The first-order valence-corrected chi connectivity index (χ1v) is 11.6. The Morgan fingerprint density at radius 1 is 1.12 bits per heavy atom. The van der Waals surface area contributed by atoms with Crippen LogP contribution in [0.1, 0.15) is 73.6 Å². The van der Waals surface area contributed by atoms with E-state index in [-0.39, 0.29) is 23.2 Å². The van der Waals surface area contributed by atoms with Gasteiger partial charge in [0.05, 0.1) is 16.9 Å². The molecule has 174 valence electrons. The number of fused-ring (bicyclic) bond motifs is 3. The highest BCUT2D eigenvalue weighted by Crippen LogP contribution is 2.35. The van der Waals surface area contributed by atoms with Gasteiger partial charge in [0.1, 0.15) is 11.6 Å². The van der Waals surface area contributed by atoms with Gasteiger partial charge in [-0.1, -0.05) is 18.2 Å². The molecular formula is C25H29F2N5O. The molecule has 0 saturated carbocycles. The number of anilines is 1. The largest absolute Gasteiger partial charge is 0.363 e. The summed E-state index contributed by atoms with van der Waals surface area (Å²) in [6.45, 7) is 5.44. The van der Waals surface area contributed by atoms with Crippen LogP contribution in [-0.2, 0) is 0 Å². The Balaban J connectivity index is 1.53. The van der Waals surface area contributed by atoms with Gasteiger partial charge in [-0.2, -0.15) is 0 Å². The third-order valence-corrected chi connectivity index (χ3v) is 7.18. The number of aromatic nitrogens is 3. The molecule has 4 heterocycles. The van der Waals surface area contributed by atoms with Gasteiger partial charge in [0.2, 0.25) is 0 Å². The van der Waals surface area contributed by atoms with Gasteiger partial charge < -0.3 is 15.2 Å². The van der Waals surface area contributed by atoms with Crippen LogP contribution < -0.4 is 16.2 Å². The van der Waals surface area contributed by atoms with Gasteiger partial charge >= 0.3 is 0 Å². The van der Waals surface area contributed by atoms with Gasteiger partial charge in [-0.05, 0) is 57.6 Å². The average Bonchev–Trinajstić information content (AvgIpc) is 3.10. The van der Waals surface area contributed by atoms with Crippen LogP contribution in [0.2, 0.25) is 0 Å². The number of rotatable bonds is 5. The summed E-state index contributed by atoms with van der Waals surface area (Å²) in [7, 11) is 0. The van der Waals surface area contributed by atoms with E-state index in [9.17, 15) is 13.6 Å². The third-order valence-electron chi connectivity index (χ3n) is 7.18. The molecule has 1 aromatic carbocycles. The number of hydrogen-bond donors (Lipinski definition) is 2. The molecule has 1 unspecified atom stereocenters. The Bertz CT molecular complexity index is 1250. The summed E-state index contributed by atoms with van der Waals surface area (Å²) < 4.78 is 28.6. The number of halogens is 2. The minimum absolute atomic E-state index is 0.0410. The van der Waals surface area contributed by atoms with Crippen molar-refractivity contribution in [2.24, 2.45) is 0 Å². The lowest BCUT2D eigenvalue weighted by Gasteiger charge is -2.30. The van der Waals surface area contributed by atoms with Crippen molar-refractivity contribution in [1.29, 1.82) is 0 Å². The van der Waals surface area contributed by atoms with Crippen LogP contribution in [0, 0.1) is 13.8 Å². The zero-order chi connectivity index (χ0) is 23.3. The summed E-state index contributed by atoms with van der Waals surface area (Å²) in [6.07, 6.45) is 3.56. The van der Waals surface area contributed by atoms with Crippen LogP contribution in [0.15, 0.2) is 35.3 Å². The van der Waals surface area contributed by atoms with E-state index in [1.165, 1.54) is 6.07 Å². The maximum absolute atomic E-state index is 13.4. The summed E-state index contributed by atoms with van der Waals surface area (Å²) in [5.74, 6) is 1.16. The predicted octanol–water partition coefficient (Wildman–Crippen LogP) is 4.97. The number of nitrogens with zero attached hydrogens (tertiary/aromatic N) is 3. The number of nitrogens with one attached hydrogen (secondary N) is 2. The standard InChI is InChI=1S/C25H29F2N5O/c1-13-19(5-4-6-20(13)24(26)27)14(2)28-25-21-12-32(18-9-16-7-8-17(10-18)31-16)23(33)11-22(21)29-15(3)30-25/h4-6,11-12,14,16-18,24,31H,7-10H2,1-3H3,(H,28,29,30)/t14-,16-,17+,18?/m1/s1. The molecule has 0 radical (unpaired) electrons. The first-order valence-electron chi connectivity index (χ1n) is 11.6. The lowest BCUT2D eigenvalue weighted by molar-refractivity contribution is 0.150. The van der Waals surface area contributed by atoms with Crippen molar-refractivity contribution in [2.45, 2.75) is 77.0 Å². The molecule has 6 nitrogen and oxygen atoms in total. The second-order valence-electron chi connectivity index (χ2n) is 9.43. The molecule has 0 aliphatic carbocycles. The van der Waals surface area contributed by atoms with Crippen molar-refractivity contribution in [3.8, 4) is 0 Å². The smallest absolute Gasteiger partial charge is 0.264 e. The van der Waals surface area contributed by atoms with E-state index in [0.717, 1.165) is 36.6 Å². The van der Waals surface area contributed by atoms with Crippen molar-refractivity contribution in [3.05, 3.63) is 63.3 Å². The normalized spacial score (nSPS) is 23.3. The van der Waals surface area contributed by atoms with Crippen LogP contribution in [0.25, 0.3) is 10.9 Å². The van der Waals surface area contributed by atoms with E-state index in [1.807, 2.05) is 23.8 Å². The van der Waals surface area contributed by atoms with E-state index in [2.05, 4.69) is 20.6 Å². The number of hydrogen-bond acceptors (Lipinski definition) is 5. The van der Waals surface area contributed by atoms with Gasteiger partial charge in [-0.15, -0.1) is 0 Å². The summed E-state index contributed by atoms with van der Waals surface area (Å²) in [5.41, 5.74) is 1.95. The molecule has 8 heteroatoms. The second kappa shape index (κ2) is 8.48. The molecule has 2 saturated heterocycles. The lowest BCUT2D eigenvalue weighted by atomic mass is 9.97. The number of benzene rings is 1. The van der Waals surface area contributed by atoms with E-state index >= 15 is 0 Å². The second-order valence-corrected chi connectivity index (χ2v) is 9.43. The monoisotopic (exact) mass is 453 g/mol. The fourth-order valence-electron chi connectivity index (χ4n) is 5.54. The highest BCUT2D eigenvalue weighted by molar-refractivity contribution is 5.88. The maximum atomic E-state index is 13.4. The quantitative estimate of drug-likeness (QED) is 0.571. The first-order chi connectivity index (χ1) is 15.8. The van der Waals surface area contributed by atoms with Crippen molar-refractivity contribution in [1.82, 2.24) is 19.9 Å². The fraction of sp³-hybridized carbons (Fsp3) is 0.480. The van der Waals surface area contributed by atoms with Gasteiger partial charge in [0, 0.05) is 36.0 Å². The molecular weight excluding hydrogens is 424 g/mol. The number of piperidine rings is 1. The molecule has 2 fully saturated rings. The van der Waals surface area contributed by atoms with E-state index in [0.29, 0.717) is 34.8 Å². The van der Waals surface area contributed by atoms with Gasteiger partial charge in [0.15, 0.2) is 0 Å². The number of aryl methyl sites for hydroxylation is 1. The molecule has 5 rings (SSSR count). The van der Waals surface area contributed by atoms with E-state index in [1.54, 1.807) is 26.0 Å². The number of pyridine rings is 1. The van der Waals surface area contributed by atoms with Gasteiger partial charge in [0.25, 0.3) is 12.0 Å². The molecule has 3 aromatic rings. The first kappa shape index (κ1) is 21.9. The SMILES string of the molecule is Cc1nc(N[C@H](C)c2cccc(C(F)F)c2C)c2cn(C3C[C@H]4CC[C@@H](C3)N4)c(=O)cc2n1. The maximum Gasteiger partial charge on any atom is 0.264 e. The highest BCUT2D eigenvalue weighted by atomic mass is 19.3. The molecule has 0 amide bonds.